The van der Waals surface area contributed by atoms with E-state index in [1.54, 1.807) is 12.3 Å². The molecule has 6 nitrogen and oxygen atoms in total. The summed E-state index contributed by atoms with van der Waals surface area (Å²) in [5.74, 6) is 0.815. The number of aromatic nitrogens is 1. The molecule has 1 saturated heterocycles. The van der Waals surface area contributed by atoms with Crippen LogP contribution in [-0.2, 0) is 4.74 Å². The predicted octanol–water partition coefficient (Wildman–Crippen LogP) is 0.829. The second-order valence-corrected chi connectivity index (χ2v) is 4.14. The molecule has 0 radical (unpaired) electrons. The third-order valence-electron chi connectivity index (χ3n) is 2.93. The van der Waals surface area contributed by atoms with Gasteiger partial charge >= 0.3 is 6.09 Å². The molecule has 2 rings (SSSR count). The summed E-state index contributed by atoms with van der Waals surface area (Å²) in [4.78, 5) is 27.9. The van der Waals surface area contributed by atoms with Crippen molar-refractivity contribution in [3.8, 4) is 0 Å². The largest absolute Gasteiger partial charge is 0.453 e. The van der Waals surface area contributed by atoms with Crippen LogP contribution in [0.15, 0.2) is 18.3 Å². The molecule has 1 aromatic rings. The van der Waals surface area contributed by atoms with Crippen LogP contribution in [0, 0.1) is 0 Å². The summed E-state index contributed by atoms with van der Waals surface area (Å²) in [5, 5.41) is 2.76. The molecule has 0 bridgehead atoms. The number of alkyl carbamates (subject to hydrolysis) is 1. The van der Waals surface area contributed by atoms with Crippen LogP contribution in [0.1, 0.15) is 16.8 Å². The molecule has 1 fully saturated rings. The van der Waals surface area contributed by atoms with E-state index in [0.29, 0.717) is 12.1 Å². The SMILES string of the molecule is COC(=O)NC1CCN(c2ccc(C=O)cn2)C1. The van der Waals surface area contributed by atoms with Crippen LogP contribution in [0.4, 0.5) is 10.6 Å². The van der Waals surface area contributed by atoms with Crippen LogP contribution in [0.3, 0.4) is 0 Å². The quantitative estimate of drug-likeness (QED) is 0.803. The molecule has 0 saturated carbocycles. The molecular formula is C12H15N3O3. The van der Waals surface area contributed by atoms with Gasteiger partial charge in [0.1, 0.15) is 5.82 Å². The Morgan fingerprint density at radius 2 is 2.44 bits per heavy atom. The van der Waals surface area contributed by atoms with Crippen LogP contribution < -0.4 is 10.2 Å². The maximum atomic E-state index is 11.1. The molecule has 1 unspecified atom stereocenters. The number of anilines is 1. The number of hydrogen-bond acceptors (Lipinski definition) is 5. The Kier molecular flexibility index (Phi) is 3.76. The lowest BCUT2D eigenvalue weighted by Gasteiger charge is -2.17. The van der Waals surface area contributed by atoms with E-state index >= 15 is 0 Å². The van der Waals surface area contributed by atoms with Crippen LogP contribution in [0.5, 0.6) is 0 Å². The predicted molar refractivity (Wildman–Crippen MR) is 65.8 cm³/mol. The van der Waals surface area contributed by atoms with Gasteiger partial charge in [0.2, 0.25) is 0 Å². The van der Waals surface area contributed by atoms with E-state index in [1.165, 1.54) is 7.11 Å². The van der Waals surface area contributed by atoms with E-state index in [9.17, 15) is 9.59 Å². The van der Waals surface area contributed by atoms with Gasteiger partial charge in [-0.15, -0.1) is 0 Å². The van der Waals surface area contributed by atoms with Crippen molar-refractivity contribution in [3.63, 3.8) is 0 Å². The van der Waals surface area contributed by atoms with Crippen molar-refractivity contribution < 1.29 is 14.3 Å². The Balaban J connectivity index is 1.95. The summed E-state index contributed by atoms with van der Waals surface area (Å²) in [5.41, 5.74) is 0.558. The summed E-state index contributed by atoms with van der Waals surface area (Å²) in [7, 11) is 1.35. The third kappa shape index (κ3) is 2.77. The molecule has 6 heteroatoms. The van der Waals surface area contributed by atoms with Crippen molar-refractivity contribution in [1.82, 2.24) is 10.3 Å². The summed E-state index contributed by atoms with van der Waals surface area (Å²) in [6.07, 6.45) is 2.75. The number of nitrogens with one attached hydrogen (secondary N) is 1. The zero-order chi connectivity index (χ0) is 13.0. The fraction of sp³-hybridized carbons (Fsp3) is 0.417. The monoisotopic (exact) mass is 249 g/mol. The van der Waals surface area contributed by atoms with Crippen LogP contribution in [-0.4, -0.2) is 43.6 Å². The van der Waals surface area contributed by atoms with E-state index in [1.807, 2.05) is 6.07 Å². The Hall–Kier alpha value is -2.11. The molecule has 0 aliphatic carbocycles. The minimum Gasteiger partial charge on any atom is -0.453 e. The van der Waals surface area contributed by atoms with Crippen LogP contribution in [0.25, 0.3) is 0 Å². The number of rotatable bonds is 3. The van der Waals surface area contributed by atoms with Gasteiger partial charge in [0.05, 0.1) is 13.2 Å². The Morgan fingerprint density at radius 1 is 1.61 bits per heavy atom. The van der Waals surface area contributed by atoms with Crippen LogP contribution >= 0.6 is 0 Å². The van der Waals surface area contributed by atoms with Gasteiger partial charge in [-0.2, -0.15) is 0 Å². The van der Waals surface area contributed by atoms with E-state index in [2.05, 4.69) is 19.9 Å². The van der Waals surface area contributed by atoms with Crippen molar-refractivity contribution >= 4 is 18.2 Å². The highest BCUT2D eigenvalue weighted by Gasteiger charge is 2.24. The number of nitrogens with zero attached hydrogens (tertiary/aromatic N) is 2. The van der Waals surface area contributed by atoms with E-state index < -0.39 is 6.09 Å². The van der Waals surface area contributed by atoms with Gasteiger partial charge in [0.25, 0.3) is 0 Å². The van der Waals surface area contributed by atoms with Gasteiger partial charge in [-0.25, -0.2) is 9.78 Å². The molecule has 18 heavy (non-hydrogen) atoms. The normalized spacial score (nSPS) is 18.5. The number of amides is 1. The van der Waals surface area contributed by atoms with Crippen molar-refractivity contribution in [2.24, 2.45) is 0 Å². The van der Waals surface area contributed by atoms with Crippen LogP contribution in [0.2, 0.25) is 0 Å². The second kappa shape index (κ2) is 5.48. The van der Waals surface area contributed by atoms with Gasteiger partial charge in [-0.05, 0) is 18.6 Å². The van der Waals surface area contributed by atoms with Gasteiger partial charge in [0, 0.05) is 24.8 Å². The first-order valence-electron chi connectivity index (χ1n) is 5.73. The summed E-state index contributed by atoms with van der Waals surface area (Å²) < 4.78 is 4.56. The van der Waals surface area contributed by atoms with Gasteiger partial charge in [-0.1, -0.05) is 0 Å². The molecule has 0 aromatic carbocycles. The maximum absolute atomic E-state index is 11.1. The lowest BCUT2D eigenvalue weighted by Crippen LogP contribution is -2.37. The Morgan fingerprint density at radius 3 is 3.06 bits per heavy atom. The number of carbonyl (C=O) groups excluding carboxylic acids is 2. The minimum atomic E-state index is -0.411. The van der Waals surface area contributed by atoms with Gasteiger partial charge in [-0.3, -0.25) is 4.79 Å². The molecule has 1 aromatic heterocycles. The van der Waals surface area contributed by atoms with Crippen molar-refractivity contribution in [1.29, 1.82) is 0 Å². The summed E-state index contributed by atoms with van der Waals surface area (Å²) >= 11 is 0. The van der Waals surface area contributed by atoms with E-state index in [0.717, 1.165) is 25.1 Å². The minimum absolute atomic E-state index is 0.0741. The fourth-order valence-electron chi connectivity index (χ4n) is 1.97. The highest BCUT2D eigenvalue weighted by Crippen LogP contribution is 2.17. The van der Waals surface area contributed by atoms with Crippen molar-refractivity contribution in [2.45, 2.75) is 12.5 Å². The lowest BCUT2D eigenvalue weighted by atomic mass is 10.3. The first kappa shape index (κ1) is 12.3. The molecule has 1 aliphatic rings. The van der Waals surface area contributed by atoms with Crippen molar-refractivity contribution in [2.75, 3.05) is 25.1 Å². The average Bonchev–Trinajstić information content (AvgIpc) is 2.87. The number of carbonyl (C=O) groups is 2. The molecule has 1 atom stereocenters. The number of hydrogen-bond donors (Lipinski definition) is 1. The Labute approximate surface area is 105 Å². The maximum Gasteiger partial charge on any atom is 0.407 e. The van der Waals surface area contributed by atoms with E-state index in [4.69, 9.17) is 0 Å². The zero-order valence-corrected chi connectivity index (χ0v) is 10.1. The first-order valence-corrected chi connectivity index (χ1v) is 5.73. The highest BCUT2D eigenvalue weighted by atomic mass is 16.5. The molecule has 0 spiro atoms. The molecule has 96 valence electrons. The van der Waals surface area contributed by atoms with E-state index in [-0.39, 0.29) is 6.04 Å². The topological polar surface area (TPSA) is 71.5 Å². The Bertz CT molecular complexity index is 433. The molecule has 1 aliphatic heterocycles. The smallest absolute Gasteiger partial charge is 0.407 e. The molecule has 2 heterocycles. The number of aldehydes is 1. The number of ether oxygens (including phenoxy) is 1. The molecular weight excluding hydrogens is 234 g/mol. The number of methoxy groups -OCH3 is 1. The zero-order valence-electron chi connectivity index (χ0n) is 10.1. The summed E-state index contributed by atoms with van der Waals surface area (Å²) in [6, 6.07) is 3.62. The number of pyridine rings is 1. The summed E-state index contributed by atoms with van der Waals surface area (Å²) in [6.45, 7) is 1.52. The fourth-order valence-corrected chi connectivity index (χ4v) is 1.97. The average molecular weight is 249 g/mol. The van der Waals surface area contributed by atoms with Crippen molar-refractivity contribution in [3.05, 3.63) is 23.9 Å². The van der Waals surface area contributed by atoms with Gasteiger partial charge < -0.3 is 15.0 Å². The first-order chi connectivity index (χ1) is 8.72. The standard InChI is InChI=1S/C12H15N3O3/c1-18-12(17)14-10-4-5-15(7-10)11-3-2-9(8-16)6-13-11/h2-3,6,8,10H,4-5,7H2,1H3,(H,14,17). The molecule has 1 amide bonds. The van der Waals surface area contributed by atoms with Gasteiger partial charge in [0.15, 0.2) is 6.29 Å². The molecule has 1 N–H and O–H groups in total. The lowest BCUT2D eigenvalue weighted by molar-refractivity contribution is 0.112. The second-order valence-electron chi connectivity index (χ2n) is 4.14. The highest BCUT2D eigenvalue weighted by molar-refractivity contribution is 5.74. The third-order valence-corrected chi connectivity index (χ3v) is 2.93.